The van der Waals surface area contributed by atoms with Crippen LogP contribution in [0.4, 0.5) is 11.4 Å². The molecule has 0 aliphatic heterocycles. The van der Waals surface area contributed by atoms with E-state index in [9.17, 15) is 10.1 Å². The summed E-state index contributed by atoms with van der Waals surface area (Å²) in [5.74, 6) is 0. The Morgan fingerprint density at radius 2 is 1.95 bits per heavy atom. The molecule has 0 amide bonds. The number of nitrogens with zero attached hydrogens (tertiary/aromatic N) is 1. The Labute approximate surface area is 119 Å². The fraction of sp³-hybridized carbons (Fsp3) is 0.143. The van der Waals surface area contributed by atoms with Crippen molar-refractivity contribution in [3.63, 3.8) is 0 Å². The molecular weight excluding hydrogens is 308 g/mol. The lowest BCUT2D eigenvalue weighted by molar-refractivity contribution is -0.385. The Balaban J connectivity index is 2.21. The highest BCUT2D eigenvalue weighted by Crippen LogP contribution is 2.30. The second-order valence-corrected chi connectivity index (χ2v) is 5.07. The highest BCUT2D eigenvalue weighted by Gasteiger charge is 2.13. The van der Waals surface area contributed by atoms with Gasteiger partial charge < -0.3 is 5.32 Å². The second-order valence-electron chi connectivity index (χ2n) is 4.21. The van der Waals surface area contributed by atoms with Crippen LogP contribution in [0.2, 0.25) is 0 Å². The van der Waals surface area contributed by atoms with Crippen molar-refractivity contribution in [2.75, 3.05) is 5.32 Å². The van der Waals surface area contributed by atoms with Crippen molar-refractivity contribution in [2.24, 2.45) is 0 Å². The molecule has 0 atom stereocenters. The van der Waals surface area contributed by atoms with Crippen LogP contribution in [0.5, 0.6) is 0 Å². The molecule has 0 spiro atoms. The maximum atomic E-state index is 10.9. The number of nitrogens with one attached hydrogen (secondary N) is 1. The summed E-state index contributed by atoms with van der Waals surface area (Å²) in [6.07, 6.45) is 0. The summed E-state index contributed by atoms with van der Waals surface area (Å²) in [4.78, 5) is 10.6. The Morgan fingerprint density at radius 3 is 2.58 bits per heavy atom. The van der Waals surface area contributed by atoms with E-state index in [0.29, 0.717) is 12.1 Å². The molecule has 0 bridgehead atoms. The van der Waals surface area contributed by atoms with Crippen molar-refractivity contribution in [3.8, 4) is 0 Å². The van der Waals surface area contributed by atoms with Gasteiger partial charge in [-0.05, 0) is 34.5 Å². The van der Waals surface area contributed by atoms with E-state index in [-0.39, 0.29) is 10.6 Å². The maximum absolute atomic E-state index is 10.9. The van der Waals surface area contributed by atoms with Crippen LogP contribution in [0, 0.1) is 17.0 Å². The number of hydrogen-bond donors (Lipinski definition) is 1. The summed E-state index contributed by atoms with van der Waals surface area (Å²) in [5, 5.41) is 14.1. The predicted octanol–water partition coefficient (Wildman–Crippen LogP) is 4.28. The van der Waals surface area contributed by atoms with Gasteiger partial charge in [0.25, 0.3) is 5.69 Å². The molecule has 0 saturated carbocycles. The molecule has 0 aliphatic rings. The lowest BCUT2D eigenvalue weighted by Crippen LogP contribution is -2.01. The molecule has 2 rings (SSSR count). The van der Waals surface area contributed by atoms with E-state index in [2.05, 4.69) is 21.2 Å². The van der Waals surface area contributed by atoms with E-state index in [1.165, 1.54) is 0 Å². The highest BCUT2D eigenvalue weighted by atomic mass is 79.9. The Hall–Kier alpha value is -1.88. The van der Waals surface area contributed by atoms with Gasteiger partial charge >= 0.3 is 0 Å². The van der Waals surface area contributed by atoms with Gasteiger partial charge in [0, 0.05) is 22.6 Å². The SMILES string of the molecule is Cc1cc(Br)c(NCc2ccccc2)cc1[N+](=O)[O-]. The third-order valence-electron chi connectivity index (χ3n) is 2.81. The van der Waals surface area contributed by atoms with Crippen LogP contribution >= 0.6 is 15.9 Å². The van der Waals surface area contributed by atoms with Crippen LogP contribution in [0.3, 0.4) is 0 Å². The van der Waals surface area contributed by atoms with Crippen molar-refractivity contribution in [1.82, 2.24) is 0 Å². The first-order valence-electron chi connectivity index (χ1n) is 5.80. The average Bonchev–Trinajstić information content (AvgIpc) is 2.38. The molecule has 2 aromatic rings. The van der Waals surface area contributed by atoms with E-state index in [1.807, 2.05) is 30.3 Å². The molecule has 98 valence electrons. The summed E-state index contributed by atoms with van der Waals surface area (Å²) in [6, 6.07) is 13.2. The number of aryl methyl sites for hydroxylation is 1. The zero-order valence-corrected chi connectivity index (χ0v) is 12.0. The normalized spacial score (nSPS) is 10.2. The van der Waals surface area contributed by atoms with Gasteiger partial charge in [-0.15, -0.1) is 0 Å². The van der Waals surface area contributed by atoms with Gasteiger partial charge in [-0.1, -0.05) is 30.3 Å². The van der Waals surface area contributed by atoms with Gasteiger partial charge in [0.15, 0.2) is 0 Å². The number of nitro groups is 1. The van der Waals surface area contributed by atoms with E-state index < -0.39 is 0 Å². The van der Waals surface area contributed by atoms with E-state index in [4.69, 9.17) is 0 Å². The average molecular weight is 321 g/mol. The third-order valence-corrected chi connectivity index (χ3v) is 3.46. The number of hydrogen-bond acceptors (Lipinski definition) is 3. The monoisotopic (exact) mass is 320 g/mol. The van der Waals surface area contributed by atoms with Gasteiger partial charge in [-0.2, -0.15) is 0 Å². The van der Waals surface area contributed by atoms with Crippen molar-refractivity contribution in [3.05, 3.63) is 68.2 Å². The molecule has 0 aromatic heterocycles. The molecule has 0 saturated heterocycles. The van der Waals surface area contributed by atoms with Crippen LogP contribution in [-0.4, -0.2) is 4.92 Å². The number of benzene rings is 2. The summed E-state index contributed by atoms with van der Waals surface area (Å²) < 4.78 is 0.825. The zero-order chi connectivity index (χ0) is 13.8. The van der Waals surface area contributed by atoms with Crippen LogP contribution < -0.4 is 5.32 Å². The molecule has 0 heterocycles. The molecule has 1 N–H and O–H groups in total. The van der Waals surface area contributed by atoms with Gasteiger partial charge in [0.2, 0.25) is 0 Å². The first kappa shape index (κ1) is 13.5. The molecule has 0 aliphatic carbocycles. The molecule has 5 heteroatoms. The summed E-state index contributed by atoms with van der Waals surface area (Å²) in [5.41, 5.74) is 2.61. The molecular formula is C14H13BrN2O2. The summed E-state index contributed by atoms with van der Waals surface area (Å²) >= 11 is 3.42. The van der Waals surface area contributed by atoms with Gasteiger partial charge in [-0.3, -0.25) is 10.1 Å². The number of rotatable bonds is 4. The lowest BCUT2D eigenvalue weighted by atomic mass is 10.1. The minimum atomic E-state index is -0.366. The van der Waals surface area contributed by atoms with Crippen LogP contribution in [0.15, 0.2) is 46.9 Å². The largest absolute Gasteiger partial charge is 0.380 e. The first-order chi connectivity index (χ1) is 9.08. The van der Waals surface area contributed by atoms with Gasteiger partial charge in [-0.25, -0.2) is 0 Å². The minimum Gasteiger partial charge on any atom is -0.380 e. The quantitative estimate of drug-likeness (QED) is 0.675. The predicted molar refractivity (Wildman–Crippen MR) is 79.3 cm³/mol. The second kappa shape index (κ2) is 5.84. The van der Waals surface area contributed by atoms with Crippen LogP contribution in [-0.2, 0) is 6.54 Å². The third kappa shape index (κ3) is 3.32. The highest BCUT2D eigenvalue weighted by molar-refractivity contribution is 9.10. The van der Waals surface area contributed by atoms with E-state index >= 15 is 0 Å². The molecule has 2 aromatic carbocycles. The van der Waals surface area contributed by atoms with Crippen molar-refractivity contribution in [2.45, 2.75) is 13.5 Å². The Morgan fingerprint density at radius 1 is 1.26 bits per heavy atom. The van der Waals surface area contributed by atoms with E-state index in [1.54, 1.807) is 19.1 Å². The Kier molecular flexibility index (Phi) is 4.16. The van der Waals surface area contributed by atoms with Gasteiger partial charge in [0.1, 0.15) is 0 Å². The smallest absolute Gasteiger partial charge is 0.274 e. The standard InChI is InChI=1S/C14H13BrN2O2/c1-10-7-12(15)13(8-14(10)17(18)19)16-9-11-5-3-2-4-6-11/h2-8,16H,9H2,1H3. The van der Waals surface area contributed by atoms with Crippen molar-refractivity contribution in [1.29, 1.82) is 0 Å². The summed E-state index contributed by atoms with van der Waals surface area (Å²) in [6.45, 7) is 2.35. The molecule has 0 unspecified atom stereocenters. The fourth-order valence-electron chi connectivity index (χ4n) is 1.79. The first-order valence-corrected chi connectivity index (χ1v) is 6.59. The van der Waals surface area contributed by atoms with E-state index in [0.717, 1.165) is 15.7 Å². The lowest BCUT2D eigenvalue weighted by Gasteiger charge is -2.09. The number of nitro benzene ring substituents is 1. The maximum Gasteiger partial charge on any atom is 0.274 e. The van der Waals surface area contributed by atoms with Crippen LogP contribution in [0.25, 0.3) is 0 Å². The molecule has 19 heavy (non-hydrogen) atoms. The fourth-order valence-corrected chi connectivity index (χ4v) is 2.38. The number of anilines is 1. The summed E-state index contributed by atoms with van der Waals surface area (Å²) in [7, 11) is 0. The minimum absolute atomic E-state index is 0.124. The van der Waals surface area contributed by atoms with Crippen molar-refractivity contribution < 1.29 is 4.92 Å². The topological polar surface area (TPSA) is 55.2 Å². The Bertz CT molecular complexity index is 600. The number of halogens is 1. The zero-order valence-electron chi connectivity index (χ0n) is 10.4. The van der Waals surface area contributed by atoms with Crippen molar-refractivity contribution >= 4 is 27.3 Å². The van der Waals surface area contributed by atoms with Crippen LogP contribution in [0.1, 0.15) is 11.1 Å². The molecule has 0 radical (unpaired) electrons. The van der Waals surface area contributed by atoms with Gasteiger partial charge in [0.05, 0.1) is 10.6 Å². The molecule has 4 nitrogen and oxygen atoms in total. The molecule has 0 fully saturated rings.